The van der Waals surface area contributed by atoms with E-state index in [2.05, 4.69) is 12.2 Å². The van der Waals surface area contributed by atoms with Gasteiger partial charge in [0.2, 0.25) is 5.91 Å². The third-order valence-corrected chi connectivity index (χ3v) is 6.49. The van der Waals surface area contributed by atoms with E-state index in [1.54, 1.807) is 6.07 Å². The molecule has 0 aliphatic carbocycles. The Balaban J connectivity index is 2.01. The molecule has 0 aliphatic heterocycles. The molecular weight excluding hydrogens is 402 g/mol. The van der Waals surface area contributed by atoms with E-state index in [4.69, 9.17) is 4.74 Å². The number of carbonyl (C=O) groups is 1. The summed E-state index contributed by atoms with van der Waals surface area (Å²) in [7, 11) is -0.937. The minimum absolute atomic E-state index is 0.275. The number of hydrogen-bond donors (Lipinski definition) is 1. The van der Waals surface area contributed by atoms with Crippen molar-refractivity contribution in [1.29, 1.82) is 0 Å². The van der Waals surface area contributed by atoms with E-state index in [9.17, 15) is 13.2 Å². The van der Waals surface area contributed by atoms with Crippen LogP contribution in [0.15, 0.2) is 42.5 Å². The smallest absolute Gasteiger partial charge is 0.304 e. The van der Waals surface area contributed by atoms with Crippen LogP contribution in [0.5, 0.6) is 5.75 Å². The number of nitrogens with zero attached hydrogens (tertiary/aromatic N) is 2. The standard InChI is InChI=1S/C22H31N3O4S/c1-6-19-9-11-20(12-10-19)29-14-13-23-22(26)16-25(30(27,28)24(4)5)21-15-17(2)7-8-18(21)3/h7-12,15H,6,13-14,16H2,1-5H3,(H,23,26). The maximum absolute atomic E-state index is 12.8. The molecular formula is C22H31N3O4S. The molecule has 0 aromatic heterocycles. The molecule has 0 aliphatic rings. The van der Waals surface area contributed by atoms with Crippen LogP contribution < -0.4 is 14.4 Å². The van der Waals surface area contributed by atoms with Gasteiger partial charge in [0.1, 0.15) is 18.9 Å². The van der Waals surface area contributed by atoms with Gasteiger partial charge in [-0.1, -0.05) is 31.2 Å². The quantitative estimate of drug-likeness (QED) is 0.585. The molecule has 1 N–H and O–H groups in total. The van der Waals surface area contributed by atoms with Gasteiger partial charge in [-0.05, 0) is 55.2 Å². The van der Waals surface area contributed by atoms with Gasteiger partial charge in [-0.2, -0.15) is 12.7 Å². The Labute approximate surface area is 179 Å². The summed E-state index contributed by atoms with van der Waals surface area (Å²) in [5, 5.41) is 2.73. The zero-order chi connectivity index (χ0) is 22.3. The number of anilines is 1. The molecule has 8 heteroatoms. The van der Waals surface area contributed by atoms with Gasteiger partial charge in [0.25, 0.3) is 0 Å². The number of hydrogen-bond acceptors (Lipinski definition) is 4. The van der Waals surface area contributed by atoms with Gasteiger partial charge in [0.15, 0.2) is 0 Å². The van der Waals surface area contributed by atoms with E-state index < -0.39 is 16.1 Å². The highest BCUT2D eigenvalue weighted by Gasteiger charge is 2.28. The lowest BCUT2D eigenvalue weighted by molar-refractivity contribution is -0.119. The van der Waals surface area contributed by atoms with E-state index in [1.165, 1.54) is 19.7 Å². The Hall–Kier alpha value is -2.58. The molecule has 0 unspecified atom stereocenters. The molecule has 2 aromatic rings. The minimum atomic E-state index is -3.83. The molecule has 0 saturated heterocycles. The molecule has 2 aromatic carbocycles. The molecule has 2 rings (SSSR count). The lowest BCUT2D eigenvalue weighted by atomic mass is 10.1. The lowest BCUT2D eigenvalue weighted by Crippen LogP contribution is -2.46. The molecule has 0 atom stereocenters. The van der Waals surface area contributed by atoms with Gasteiger partial charge >= 0.3 is 10.2 Å². The van der Waals surface area contributed by atoms with Crippen LogP contribution in [0.2, 0.25) is 0 Å². The second-order valence-electron chi connectivity index (χ2n) is 7.28. The van der Waals surface area contributed by atoms with Gasteiger partial charge in [-0.15, -0.1) is 0 Å². The monoisotopic (exact) mass is 433 g/mol. The summed E-state index contributed by atoms with van der Waals surface area (Å²) in [4.78, 5) is 12.5. The third kappa shape index (κ3) is 6.21. The average molecular weight is 434 g/mol. The van der Waals surface area contributed by atoms with Crippen LogP contribution in [0.1, 0.15) is 23.6 Å². The summed E-state index contributed by atoms with van der Waals surface area (Å²) in [5.74, 6) is 0.333. The number of rotatable bonds is 10. The van der Waals surface area contributed by atoms with Crippen molar-refractivity contribution in [3.8, 4) is 5.75 Å². The van der Waals surface area contributed by atoms with Crippen molar-refractivity contribution in [3.05, 3.63) is 59.2 Å². The van der Waals surface area contributed by atoms with Crippen molar-refractivity contribution < 1.29 is 17.9 Å². The Bertz CT molecular complexity index is 957. The molecule has 1 amide bonds. The van der Waals surface area contributed by atoms with Crippen molar-refractivity contribution in [2.24, 2.45) is 0 Å². The molecule has 0 radical (unpaired) electrons. The van der Waals surface area contributed by atoms with Crippen LogP contribution in [-0.4, -0.2) is 52.4 Å². The van der Waals surface area contributed by atoms with Crippen LogP contribution >= 0.6 is 0 Å². The number of ether oxygens (including phenoxy) is 1. The van der Waals surface area contributed by atoms with Gasteiger partial charge < -0.3 is 10.1 Å². The summed E-state index contributed by atoms with van der Waals surface area (Å²) in [6.45, 7) is 6.05. The molecule has 7 nitrogen and oxygen atoms in total. The Morgan fingerprint density at radius 3 is 2.33 bits per heavy atom. The second kappa shape index (κ2) is 10.4. The summed E-state index contributed by atoms with van der Waals surface area (Å²) < 4.78 is 33.6. The number of carbonyl (C=O) groups excluding carboxylic acids is 1. The first-order valence-electron chi connectivity index (χ1n) is 9.91. The van der Waals surface area contributed by atoms with Crippen molar-refractivity contribution in [1.82, 2.24) is 9.62 Å². The first-order valence-corrected chi connectivity index (χ1v) is 11.3. The zero-order valence-corrected chi connectivity index (χ0v) is 19.1. The molecule has 0 spiro atoms. The molecule has 30 heavy (non-hydrogen) atoms. The van der Waals surface area contributed by atoms with Crippen LogP contribution in [0, 0.1) is 13.8 Å². The lowest BCUT2D eigenvalue weighted by Gasteiger charge is -2.28. The van der Waals surface area contributed by atoms with Crippen LogP contribution in [-0.2, 0) is 21.4 Å². The molecule has 164 valence electrons. The van der Waals surface area contributed by atoms with Crippen LogP contribution in [0.3, 0.4) is 0 Å². The van der Waals surface area contributed by atoms with Crippen molar-refractivity contribution in [2.75, 3.05) is 38.1 Å². The number of benzene rings is 2. The van der Waals surface area contributed by atoms with Crippen molar-refractivity contribution in [3.63, 3.8) is 0 Å². The van der Waals surface area contributed by atoms with Crippen molar-refractivity contribution in [2.45, 2.75) is 27.2 Å². The summed E-state index contributed by atoms with van der Waals surface area (Å²) in [5.41, 5.74) is 3.41. The molecule has 0 fully saturated rings. The van der Waals surface area contributed by atoms with Gasteiger partial charge in [0.05, 0.1) is 12.2 Å². The largest absolute Gasteiger partial charge is 0.492 e. The van der Waals surface area contributed by atoms with Crippen LogP contribution in [0.25, 0.3) is 0 Å². The van der Waals surface area contributed by atoms with E-state index in [0.29, 0.717) is 12.3 Å². The van der Waals surface area contributed by atoms with Gasteiger partial charge in [0, 0.05) is 14.1 Å². The average Bonchev–Trinajstić information content (AvgIpc) is 2.71. The van der Waals surface area contributed by atoms with E-state index >= 15 is 0 Å². The predicted octanol–water partition coefficient (Wildman–Crippen LogP) is 2.67. The maximum atomic E-state index is 12.8. The fraction of sp³-hybridized carbons (Fsp3) is 0.409. The van der Waals surface area contributed by atoms with E-state index in [1.807, 2.05) is 50.2 Å². The Morgan fingerprint density at radius 1 is 1.07 bits per heavy atom. The molecule has 0 saturated carbocycles. The number of nitrogens with one attached hydrogen (secondary N) is 1. The fourth-order valence-corrected chi connectivity index (χ4v) is 3.96. The summed E-state index contributed by atoms with van der Waals surface area (Å²) in [6.07, 6.45) is 0.961. The summed E-state index contributed by atoms with van der Waals surface area (Å²) in [6, 6.07) is 13.3. The topological polar surface area (TPSA) is 79.0 Å². The molecule has 0 bridgehead atoms. The summed E-state index contributed by atoms with van der Waals surface area (Å²) >= 11 is 0. The second-order valence-corrected chi connectivity index (χ2v) is 9.35. The first-order chi connectivity index (χ1) is 14.1. The van der Waals surface area contributed by atoms with Gasteiger partial charge in [-0.25, -0.2) is 4.31 Å². The minimum Gasteiger partial charge on any atom is -0.492 e. The van der Waals surface area contributed by atoms with Gasteiger partial charge in [-0.3, -0.25) is 4.79 Å². The SMILES string of the molecule is CCc1ccc(OCCNC(=O)CN(c2cc(C)ccc2C)S(=O)(=O)N(C)C)cc1. The normalized spacial score (nSPS) is 11.4. The number of aryl methyl sites for hydroxylation is 3. The molecule has 0 heterocycles. The Morgan fingerprint density at radius 2 is 1.73 bits per heavy atom. The third-order valence-electron chi connectivity index (χ3n) is 4.69. The van der Waals surface area contributed by atoms with Crippen molar-refractivity contribution >= 4 is 21.8 Å². The number of amides is 1. The van der Waals surface area contributed by atoms with Crippen LogP contribution in [0.4, 0.5) is 5.69 Å². The highest BCUT2D eigenvalue weighted by atomic mass is 32.2. The Kier molecular flexibility index (Phi) is 8.25. The van der Waals surface area contributed by atoms with E-state index in [0.717, 1.165) is 31.9 Å². The highest BCUT2D eigenvalue weighted by molar-refractivity contribution is 7.90. The zero-order valence-electron chi connectivity index (χ0n) is 18.3. The fourth-order valence-electron chi connectivity index (χ4n) is 2.84. The van der Waals surface area contributed by atoms with E-state index in [-0.39, 0.29) is 13.1 Å². The first kappa shape index (κ1) is 23.7. The highest BCUT2D eigenvalue weighted by Crippen LogP contribution is 2.25. The predicted molar refractivity (Wildman–Crippen MR) is 120 cm³/mol. The maximum Gasteiger partial charge on any atom is 0.304 e.